The van der Waals surface area contributed by atoms with Gasteiger partial charge in [0.05, 0.1) is 23.3 Å². The molecule has 0 saturated carbocycles. The van der Waals surface area contributed by atoms with Crippen LogP contribution < -0.4 is 0 Å². The van der Waals surface area contributed by atoms with E-state index in [1.807, 2.05) is 25.5 Å². The maximum Gasteiger partial charge on any atom is 0.255 e. The molecule has 136 valence electrons. The third-order valence-electron chi connectivity index (χ3n) is 4.54. The fraction of sp³-hybridized carbons (Fsp3) is 0.588. The number of rotatable bonds is 5. The van der Waals surface area contributed by atoms with Gasteiger partial charge in [0, 0.05) is 30.2 Å². The molecule has 0 bridgehead atoms. The molecule has 0 aliphatic carbocycles. The van der Waals surface area contributed by atoms with Gasteiger partial charge in [0.25, 0.3) is 5.91 Å². The first-order valence-corrected chi connectivity index (χ1v) is 10.5. The molecule has 25 heavy (non-hydrogen) atoms. The lowest BCUT2D eigenvalue weighted by atomic mass is 10.1. The van der Waals surface area contributed by atoms with Gasteiger partial charge in [-0.3, -0.25) is 4.79 Å². The fourth-order valence-corrected chi connectivity index (χ4v) is 5.04. The zero-order chi connectivity index (χ0) is 18.2. The molecule has 0 N–H and O–H groups in total. The predicted octanol–water partition coefficient (Wildman–Crippen LogP) is 2.05. The van der Waals surface area contributed by atoms with Crippen LogP contribution in [0.1, 0.15) is 50.0 Å². The molecular weight excluding hydrogens is 340 g/mol. The number of amides is 1. The van der Waals surface area contributed by atoms with Crippen LogP contribution in [-0.4, -0.2) is 58.1 Å². The van der Waals surface area contributed by atoms with Crippen molar-refractivity contribution in [3.05, 3.63) is 24.0 Å². The van der Waals surface area contributed by atoms with Gasteiger partial charge in [0.15, 0.2) is 15.5 Å². The number of aromatic nitrogens is 3. The number of hydrogen-bond donors (Lipinski definition) is 0. The van der Waals surface area contributed by atoms with Crippen LogP contribution in [-0.2, 0) is 9.84 Å². The largest absolute Gasteiger partial charge is 0.335 e. The number of hydrogen-bond acceptors (Lipinski definition) is 5. The Bertz CT molecular complexity index is 888. The van der Waals surface area contributed by atoms with Gasteiger partial charge in [-0.05, 0) is 32.8 Å². The van der Waals surface area contributed by atoms with Crippen molar-refractivity contribution in [3.63, 3.8) is 0 Å². The van der Waals surface area contributed by atoms with E-state index in [1.54, 1.807) is 23.4 Å². The SMILES string of the molecule is CCCN(C(=O)c1cnc2c(cnn2C(C)C)c1)C1CCS(=O)(=O)C1. The molecule has 3 heterocycles. The lowest BCUT2D eigenvalue weighted by Gasteiger charge is -2.28. The minimum Gasteiger partial charge on any atom is -0.335 e. The van der Waals surface area contributed by atoms with Crippen molar-refractivity contribution in [3.8, 4) is 0 Å². The molecule has 2 aromatic heterocycles. The third-order valence-corrected chi connectivity index (χ3v) is 6.29. The first kappa shape index (κ1) is 17.8. The van der Waals surface area contributed by atoms with E-state index in [1.165, 1.54) is 0 Å². The molecule has 1 amide bonds. The molecule has 1 aliphatic rings. The smallest absolute Gasteiger partial charge is 0.255 e. The van der Waals surface area contributed by atoms with Gasteiger partial charge in [-0.1, -0.05) is 6.92 Å². The highest BCUT2D eigenvalue weighted by Gasteiger charge is 2.34. The molecule has 0 spiro atoms. The Kier molecular flexibility index (Phi) is 4.81. The van der Waals surface area contributed by atoms with Crippen LogP contribution >= 0.6 is 0 Å². The molecule has 0 aromatic carbocycles. The number of fused-ring (bicyclic) bond motifs is 1. The lowest BCUT2D eigenvalue weighted by Crippen LogP contribution is -2.41. The van der Waals surface area contributed by atoms with Crippen molar-refractivity contribution < 1.29 is 13.2 Å². The number of pyridine rings is 1. The standard InChI is InChI=1S/C17H24N4O3S/c1-4-6-20(15-5-7-25(23,24)11-15)17(22)14-8-13-10-19-21(12(2)3)16(13)18-9-14/h8-10,12,15H,4-7,11H2,1-3H3. The summed E-state index contributed by atoms with van der Waals surface area (Å²) in [6, 6.07) is 1.74. The summed E-state index contributed by atoms with van der Waals surface area (Å²) < 4.78 is 25.4. The Balaban J connectivity index is 1.90. The molecule has 1 unspecified atom stereocenters. The number of sulfone groups is 1. The molecule has 7 nitrogen and oxygen atoms in total. The Morgan fingerprint density at radius 1 is 1.40 bits per heavy atom. The molecular formula is C17H24N4O3S. The summed E-state index contributed by atoms with van der Waals surface area (Å²) >= 11 is 0. The molecule has 1 saturated heterocycles. The molecule has 1 aliphatic heterocycles. The molecule has 8 heteroatoms. The van der Waals surface area contributed by atoms with E-state index >= 15 is 0 Å². The summed E-state index contributed by atoms with van der Waals surface area (Å²) in [4.78, 5) is 19.1. The first-order valence-electron chi connectivity index (χ1n) is 8.67. The quantitative estimate of drug-likeness (QED) is 0.810. The highest BCUT2D eigenvalue weighted by molar-refractivity contribution is 7.91. The third kappa shape index (κ3) is 3.53. The van der Waals surface area contributed by atoms with Crippen LogP contribution in [0.3, 0.4) is 0 Å². The van der Waals surface area contributed by atoms with E-state index < -0.39 is 9.84 Å². The number of carbonyl (C=O) groups excluding carboxylic acids is 1. The maximum atomic E-state index is 13.0. The van der Waals surface area contributed by atoms with Gasteiger partial charge in [0.1, 0.15) is 0 Å². The van der Waals surface area contributed by atoms with Crippen LogP contribution in [0.5, 0.6) is 0 Å². The van der Waals surface area contributed by atoms with E-state index in [2.05, 4.69) is 10.1 Å². The minimum atomic E-state index is -3.04. The van der Waals surface area contributed by atoms with E-state index in [0.29, 0.717) is 18.5 Å². The average Bonchev–Trinajstić information content (AvgIpc) is 3.14. The second-order valence-electron chi connectivity index (χ2n) is 6.88. The van der Waals surface area contributed by atoms with Crippen molar-refractivity contribution >= 4 is 26.8 Å². The predicted molar refractivity (Wildman–Crippen MR) is 96.3 cm³/mol. The van der Waals surface area contributed by atoms with Gasteiger partial charge < -0.3 is 4.90 Å². The van der Waals surface area contributed by atoms with Crippen molar-refractivity contribution in [1.82, 2.24) is 19.7 Å². The van der Waals surface area contributed by atoms with Crippen molar-refractivity contribution in [2.24, 2.45) is 0 Å². The molecule has 1 atom stereocenters. The topological polar surface area (TPSA) is 85.2 Å². The second-order valence-corrected chi connectivity index (χ2v) is 9.10. The maximum absolute atomic E-state index is 13.0. The number of nitrogens with zero attached hydrogens (tertiary/aromatic N) is 4. The molecule has 2 aromatic rings. The van der Waals surface area contributed by atoms with Crippen LogP contribution in [0.25, 0.3) is 11.0 Å². The summed E-state index contributed by atoms with van der Waals surface area (Å²) in [5.41, 5.74) is 1.23. The number of carbonyl (C=O) groups is 1. The van der Waals surface area contributed by atoms with Gasteiger partial charge in [-0.15, -0.1) is 0 Å². The summed E-state index contributed by atoms with van der Waals surface area (Å²) in [6.45, 7) is 6.58. The summed E-state index contributed by atoms with van der Waals surface area (Å²) in [5.74, 6) is 0.0548. The fourth-order valence-electron chi connectivity index (χ4n) is 3.31. The second kappa shape index (κ2) is 6.74. The van der Waals surface area contributed by atoms with E-state index in [0.717, 1.165) is 17.5 Å². The molecule has 3 rings (SSSR count). The van der Waals surface area contributed by atoms with Crippen molar-refractivity contribution in [2.75, 3.05) is 18.1 Å². The zero-order valence-corrected chi connectivity index (χ0v) is 15.7. The molecule has 0 radical (unpaired) electrons. The average molecular weight is 364 g/mol. The van der Waals surface area contributed by atoms with Gasteiger partial charge in [0.2, 0.25) is 0 Å². The van der Waals surface area contributed by atoms with E-state index in [4.69, 9.17) is 0 Å². The Hall–Kier alpha value is -1.96. The van der Waals surface area contributed by atoms with Crippen molar-refractivity contribution in [1.29, 1.82) is 0 Å². The molecule has 1 fully saturated rings. The van der Waals surface area contributed by atoms with Gasteiger partial charge >= 0.3 is 0 Å². The van der Waals surface area contributed by atoms with Crippen molar-refractivity contribution in [2.45, 2.75) is 45.7 Å². The highest BCUT2D eigenvalue weighted by atomic mass is 32.2. The summed E-state index contributed by atoms with van der Waals surface area (Å²) in [5, 5.41) is 5.14. The zero-order valence-electron chi connectivity index (χ0n) is 14.8. The Morgan fingerprint density at radius 3 is 2.76 bits per heavy atom. The monoisotopic (exact) mass is 364 g/mol. The van der Waals surface area contributed by atoms with Crippen LogP contribution in [0.15, 0.2) is 18.5 Å². The normalized spacial score (nSPS) is 19.6. The van der Waals surface area contributed by atoms with Gasteiger partial charge in [-0.25, -0.2) is 18.1 Å². The van der Waals surface area contributed by atoms with E-state index in [-0.39, 0.29) is 29.5 Å². The summed E-state index contributed by atoms with van der Waals surface area (Å²) in [7, 11) is -3.04. The van der Waals surface area contributed by atoms with Gasteiger partial charge in [-0.2, -0.15) is 5.10 Å². The van der Waals surface area contributed by atoms with Crippen LogP contribution in [0.2, 0.25) is 0 Å². The Labute approximate surface area is 147 Å². The lowest BCUT2D eigenvalue weighted by molar-refractivity contribution is 0.0697. The summed E-state index contributed by atoms with van der Waals surface area (Å²) in [6.07, 6.45) is 4.57. The first-order chi connectivity index (χ1) is 11.8. The van der Waals surface area contributed by atoms with E-state index in [9.17, 15) is 13.2 Å². The highest BCUT2D eigenvalue weighted by Crippen LogP contribution is 2.22. The van der Waals surface area contributed by atoms with Crippen LogP contribution in [0, 0.1) is 0 Å². The minimum absolute atomic E-state index is 0.0553. The Morgan fingerprint density at radius 2 is 2.16 bits per heavy atom. The van der Waals surface area contributed by atoms with Crippen LogP contribution in [0.4, 0.5) is 0 Å².